The Labute approximate surface area is 130 Å². The number of hydrogen-bond acceptors (Lipinski definition) is 3. The van der Waals surface area contributed by atoms with E-state index in [0.29, 0.717) is 6.04 Å². The van der Waals surface area contributed by atoms with E-state index in [1.807, 2.05) is 19.4 Å². The van der Waals surface area contributed by atoms with Crippen molar-refractivity contribution in [1.82, 2.24) is 19.7 Å². The topological polar surface area (TPSA) is 34.0 Å². The Morgan fingerprint density at radius 1 is 1.33 bits per heavy atom. The lowest BCUT2D eigenvalue weighted by Gasteiger charge is -2.24. The van der Waals surface area contributed by atoms with Crippen molar-refractivity contribution in [2.45, 2.75) is 32.2 Å². The molecule has 1 atom stereocenters. The van der Waals surface area contributed by atoms with Crippen molar-refractivity contribution in [1.29, 1.82) is 0 Å². The first-order valence-corrected chi connectivity index (χ1v) is 7.86. The van der Waals surface area contributed by atoms with Crippen LogP contribution in [0, 0.1) is 6.92 Å². The van der Waals surface area contributed by atoms with Gasteiger partial charge in [0.25, 0.3) is 0 Å². The van der Waals surface area contributed by atoms with E-state index in [1.54, 1.807) is 4.68 Å². The van der Waals surface area contributed by atoms with Crippen LogP contribution < -0.4 is 0 Å². The van der Waals surface area contributed by atoms with E-state index >= 15 is 0 Å². The van der Waals surface area contributed by atoms with Crippen molar-refractivity contribution >= 4 is 11.6 Å². The monoisotopic (exact) mass is 304 g/mol. The number of pyridine rings is 1. The number of aromatic nitrogens is 3. The van der Waals surface area contributed by atoms with Crippen molar-refractivity contribution in [3.63, 3.8) is 0 Å². The highest BCUT2D eigenvalue weighted by Gasteiger charge is 2.30. The molecule has 1 fully saturated rings. The molecule has 5 heteroatoms. The van der Waals surface area contributed by atoms with Gasteiger partial charge in [0.15, 0.2) is 0 Å². The summed E-state index contributed by atoms with van der Waals surface area (Å²) >= 11 is 6.44. The first kappa shape index (κ1) is 14.5. The molecule has 112 valence electrons. The summed E-state index contributed by atoms with van der Waals surface area (Å²) in [7, 11) is 1.91. The Kier molecular flexibility index (Phi) is 4.27. The highest BCUT2D eigenvalue weighted by molar-refractivity contribution is 6.30. The molecule has 0 saturated carbocycles. The van der Waals surface area contributed by atoms with Gasteiger partial charge >= 0.3 is 0 Å². The van der Waals surface area contributed by atoms with Gasteiger partial charge in [0, 0.05) is 37.6 Å². The van der Waals surface area contributed by atoms with Crippen molar-refractivity contribution < 1.29 is 0 Å². The second-order valence-electron chi connectivity index (χ2n) is 5.71. The minimum absolute atomic E-state index is 0.410. The molecule has 0 aliphatic carbocycles. The van der Waals surface area contributed by atoms with Gasteiger partial charge in [-0.2, -0.15) is 5.10 Å². The fourth-order valence-corrected chi connectivity index (χ4v) is 3.57. The van der Waals surface area contributed by atoms with Crippen molar-refractivity contribution in [2.24, 2.45) is 7.05 Å². The number of halogens is 1. The van der Waals surface area contributed by atoms with E-state index in [1.165, 1.54) is 24.0 Å². The molecular formula is C16H21ClN4. The smallest absolute Gasteiger partial charge is 0.131 e. The molecular weight excluding hydrogens is 284 g/mol. The van der Waals surface area contributed by atoms with Gasteiger partial charge in [-0.15, -0.1) is 0 Å². The summed E-state index contributed by atoms with van der Waals surface area (Å²) < 4.78 is 1.78. The van der Waals surface area contributed by atoms with Gasteiger partial charge in [0.05, 0.1) is 5.69 Å². The summed E-state index contributed by atoms with van der Waals surface area (Å²) in [5.74, 6) is 0. The number of hydrogen-bond donors (Lipinski definition) is 0. The van der Waals surface area contributed by atoms with Crippen LogP contribution in [0.4, 0.5) is 0 Å². The zero-order valence-corrected chi connectivity index (χ0v) is 13.3. The standard InChI is InChI=1S/C16H21ClN4/c1-12-15(16(17)20(2)19-12)14-4-3-10-21(14)11-7-13-5-8-18-9-6-13/h5-6,8-9,14H,3-4,7,10-11H2,1-2H3/t14-/m1/s1. The van der Waals surface area contributed by atoms with Gasteiger partial charge in [-0.25, -0.2) is 0 Å². The Bertz CT molecular complexity index is 608. The van der Waals surface area contributed by atoms with Crippen LogP contribution in [0.1, 0.15) is 35.7 Å². The van der Waals surface area contributed by atoms with Gasteiger partial charge in [-0.3, -0.25) is 14.6 Å². The van der Waals surface area contributed by atoms with Crippen molar-refractivity contribution in [2.75, 3.05) is 13.1 Å². The van der Waals surface area contributed by atoms with E-state index in [2.05, 4.69) is 34.0 Å². The highest BCUT2D eigenvalue weighted by Crippen LogP contribution is 2.37. The fraction of sp³-hybridized carbons (Fsp3) is 0.500. The van der Waals surface area contributed by atoms with Crippen LogP contribution in [0.25, 0.3) is 0 Å². The van der Waals surface area contributed by atoms with Gasteiger partial charge < -0.3 is 0 Å². The Hall–Kier alpha value is -1.39. The molecule has 0 bridgehead atoms. The third-order valence-electron chi connectivity index (χ3n) is 4.33. The summed E-state index contributed by atoms with van der Waals surface area (Å²) in [5, 5.41) is 5.24. The lowest BCUT2D eigenvalue weighted by atomic mass is 10.1. The molecule has 2 aromatic rings. The molecule has 0 unspecified atom stereocenters. The predicted molar refractivity (Wildman–Crippen MR) is 84.4 cm³/mol. The maximum Gasteiger partial charge on any atom is 0.131 e. The first-order chi connectivity index (χ1) is 10.2. The van der Waals surface area contributed by atoms with E-state index in [-0.39, 0.29) is 0 Å². The Morgan fingerprint density at radius 3 is 2.76 bits per heavy atom. The third-order valence-corrected chi connectivity index (χ3v) is 4.78. The molecule has 4 nitrogen and oxygen atoms in total. The molecule has 1 aliphatic heterocycles. The summed E-state index contributed by atoms with van der Waals surface area (Å²) in [5.41, 5.74) is 3.61. The van der Waals surface area contributed by atoms with Crippen molar-refractivity contribution in [3.05, 3.63) is 46.5 Å². The molecule has 0 amide bonds. The molecule has 0 spiro atoms. The van der Waals surface area contributed by atoms with E-state index in [9.17, 15) is 0 Å². The average molecular weight is 305 g/mol. The highest BCUT2D eigenvalue weighted by atomic mass is 35.5. The lowest BCUT2D eigenvalue weighted by molar-refractivity contribution is 0.260. The van der Waals surface area contributed by atoms with E-state index in [0.717, 1.165) is 30.4 Å². The quantitative estimate of drug-likeness (QED) is 0.870. The minimum atomic E-state index is 0.410. The van der Waals surface area contributed by atoms with Crippen LogP contribution in [0.15, 0.2) is 24.5 Å². The summed E-state index contributed by atoms with van der Waals surface area (Å²) in [6.45, 7) is 4.25. The molecule has 1 saturated heterocycles. The number of likely N-dealkylation sites (tertiary alicyclic amines) is 1. The van der Waals surface area contributed by atoms with Gasteiger partial charge in [0.2, 0.25) is 0 Å². The molecule has 3 heterocycles. The minimum Gasteiger partial charge on any atom is -0.296 e. The van der Waals surface area contributed by atoms with Crippen LogP contribution in [0.3, 0.4) is 0 Å². The van der Waals surface area contributed by atoms with Gasteiger partial charge in [-0.1, -0.05) is 11.6 Å². The molecule has 0 aromatic carbocycles. The second-order valence-corrected chi connectivity index (χ2v) is 6.07. The van der Waals surface area contributed by atoms with Crippen LogP contribution in [0.5, 0.6) is 0 Å². The maximum atomic E-state index is 6.44. The Balaban J connectivity index is 1.73. The molecule has 1 aliphatic rings. The lowest BCUT2D eigenvalue weighted by Crippen LogP contribution is -2.26. The second kappa shape index (κ2) is 6.16. The normalized spacial score (nSPS) is 19.3. The Morgan fingerprint density at radius 2 is 2.10 bits per heavy atom. The average Bonchev–Trinajstić information content (AvgIpc) is 3.03. The maximum absolute atomic E-state index is 6.44. The van der Waals surface area contributed by atoms with Gasteiger partial charge in [-0.05, 0) is 50.4 Å². The summed E-state index contributed by atoms with van der Waals surface area (Å²) in [6.07, 6.45) is 7.17. The van der Waals surface area contributed by atoms with Crippen LogP contribution in [0.2, 0.25) is 5.15 Å². The first-order valence-electron chi connectivity index (χ1n) is 7.48. The van der Waals surface area contributed by atoms with Crippen molar-refractivity contribution in [3.8, 4) is 0 Å². The predicted octanol–water partition coefficient (Wildman–Crippen LogP) is 3.16. The zero-order chi connectivity index (χ0) is 14.8. The van der Waals surface area contributed by atoms with Crippen LogP contribution >= 0.6 is 11.6 Å². The van der Waals surface area contributed by atoms with E-state index in [4.69, 9.17) is 11.6 Å². The van der Waals surface area contributed by atoms with E-state index < -0.39 is 0 Å². The van der Waals surface area contributed by atoms with Crippen LogP contribution in [-0.4, -0.2) is 32.8 Å². The van der Waals surface area contributed by atoms with Crippen LogP contribution in [-0.2, 0) is 13.5 Å². The summed E-state index contributed by atoms with van der Waals surface area (Å²) in [4.78, 5) is 6.61. The molecule has 2 aromatic heterocycles. The zero-order valence-electron chi connectivity index (χ0n) is 12.6. The number of nitrogens with zero attached hydrogens (tertiary/aromatic N) is 4. The molecule has 0 N–H and O–H groups in total. The fourth-order valence-electron chi connectivity index (χ4n) is 3.27. The SMILES string of the molecule is Cc1nn(C)c(Cl)c1[C@H]1CCCN1CCc1ccncc1. The number of aryl methyl sites for hydroxylation is 2. The molecule has 21 heavy (non-hydrogen) atoms. The number of rotatable bonds is 4. The van der Waals surface area contributed by atoms with Gasteiger partial charge in [0.1, 0.15) is 5.15 Å². The summed E-state index contributed by atoms with van der Waals surface area (Å²) in [6, 6.07) is 4.59. The molecule has 3 rings (SSSR count). The molecule has 0 radical (unpaired) electrons. The third kappa shape index (κ3) is 2.97. The largest absolute Gasteiger partial charge is 0.296 e.